The molecule has 1 spiro atoms. The van der Waals surface area contributed by atoms with E-state index in [0.29, 0.717) is 34.7 Å². The Labute approximate surface area is 183 Å². The van der Waals surface area contributed by atoms with Gasteiger partial charge in [-0.1, -0.05) is 27.7 Å². The fourth-order valence-corrected chi connectivity index (χ4v) is 10.3. The van der Waals surface area contributed by atoms with Crippen molar-refractivity contribution in [1.82, 2.24) is 0 Å². The van der Waals surface area contributed by atoms with Gasteiger partial charge in [0.25, 0.3) is 0 Å². The van der Waals surface area contributed by atoms with Crippen molar-refractivity contribution in [2.24, 2.45) is 52.3 Å². The highest BCUT2D eigenvalue weighted by Crippen LogP contribution is 2.71. The SMILES string of the molecule is C[C@@H]1CC[C@@]2(OC1)OC1C[C@H]3[C@@H]4CC[C@H]5C[C@@H](O)CC[C@]5(C)[C@H]4CC[C@]3(C)C1[C@@H]2C. The summed E-state index contributed by atoms with van der Waals surface area (Å²) in [6.45, 7) is 10.9. The Kier molecular flexibility index (Phi) is 4.58. The van der Waals surface area contributed by atoms with Crippen LogP contribution in [0.2, 0.25) is 0 Å². The van der Waals surface area contributed by atoms with Crippen molar-refractivity contribution in [2.45, 2.75) is 110 Å². The standard InChI is InChI=1S/C27H44O3/c1-16-7-12-27(29-15-16)17(2)24-23(30-27)14-22-20-6-5-18-13-19(28)8-10-25(18,3)21(20)9-11-26(22,24)4/h16-24,28H,5-15H2,1-4H3/t16-,17+,18+,19+,20-,21+,22+,23?,24?,25+,26+,27-/m1/s1. The summed E-state index contributed by atoms with van der Waals surface area (Å²) in [7, 11) is 0. The molecule has 12 atom stereocenters. The van der Waals surface area contributed by atoms with Gasteiger partial charge in [-0.15, -0.1) is 0 Å². The number of aliphatic hydroxyl groups is 1. The summed E-state index contributed by atoms with van der Waals surface area (Å²) in [5, 5.41) is 10.3. The highest BCUT2D eigenvalue weighted by Gasteiger charge is 2.69. The largest absolute Gasteiger partial charge is 0.393 e. The fraction of sp³-hybridized carbons (Fsp3) is 1.00. The molecule has 30 heavy (non-hydrogen) atoms. The molecule has 2 saturated heterocycles. The molecule has 6 fully saturated rings. The zero-order chi connectivity index (χ0) is 20.9. The van der Waals surface area contributed by atoms with Gasteiger partial charge in [-0.05, 0) is 104 Å². The van der Waals surface area contributed by atoms with Crippen LogP contribution in [0.3, 0.4) is 0 Å². The van der Waals surface area contributed by atoms with Gasteiger partial charge in [0.2, 0.25) is 0 Å². The van der Waals surface area contributed by atoms with Crippen molar-refractivity contribution in [3.63, 3.8) is 0 Å². The first-order chi connectivity index (χ1) is 14.3. The Balaban J connectivity index is 1.26. The quantitative estimate of drug-likeness (QED) is 0.543. The molecule has 0 radical (unpaired) electrons. The second-order valence-electron chi connectivity index (χ2n) is 13.1. The third-order valence-corrected chi connectivity index (χ3v) is 11.9. The fourth-order valence-electron chi connectivity index (χ4n) is 10.3. The van der Waals surface area contributed by atoms with E-state index in [1.165, 1.54) is 44.9 Å². The van der Waals surface area contributed by atoms with Crippen LogP contribution in [-0.2, 0) is 9.47 Å². The van der Waals surface area contributed by atoms with Crippen LogP contribution >= 0.6 is 0 Å². The van der Waals surface area contributed by atoms with Crippen molar-refractivity contribution in [1.29, 1.82) is 0 Å². The Morgan fingerprint density at radius 3 is 2.40 bits per heavy atom. The molecule has 6 rings (SSSR count). The highest BCUT2D eigenvalue weighted by atomic mass is 16.7. The van der Waals surface area contributed by atoms with Crippen LogP contribution < -0.4 is 0 Å². The Bertz CT molecular complexity index is 684. The maximum Gasteiger partial charge on any atom is 0.171 e. The smallest absolute Gasteiger partial charge is 0.171 e. The molecule has 2 unspecified atom stereocenters. The van der Waals surface area contributed by atoms with Crippen LogP contribution in [0.15, 0.2) is 0 Å². The first-order valence-electron chi connectivity index (χ1n) is 13.3. The van der Waals surface area contributed by atoms with Crippen molar-refractivity contribution in [3.8, 4) is 0 Å². The molecule has 3 nitrogen and oxygen atoms in total. The van der Waals surface area contributed by atoms with Gasteiger partial charge < -0.3 is 14.6 Å². The molecule has 6 aliphatic rings. The Hall–Kier alpha value is -0.120. The molecule has 0 aromatic carbocycles. The number of rotatable bonds is 0. The Morgan fingerprint density at radius 2 is 1.63 bits per heavy atom. The topological polar surface area (TPSA) is 38.7 Å². The van der Waals surface area contributed by atoms with Gasteiger partial charge in [0.1, 0.15) is 0 Å². The molecule has 2 heterocycles. The van der Waals surface area contributed by atoms with Gasteiger partial charge in [0.05, 0.1) is 18.8 Å². The second kappa shape index (κ2) is 6.70. The predicted molar refractivity (Wildman–Crippen MR) is 118 cm³/mol. The van der Waals surface area contributed by atoms with E-state index in [9.17, 15) is 5.11 Å². The van der Waals surface area contributed by atoms with Crippen LogP contribution in [0.4, 0.5) is 0 Å². The number of ether oxygens (including phenoxy) is 2. The van der Waals surface area contributed by atoms with Gasteiger partial charge >= 0.3 is 0 Å². The van der Waals surface area contributed by atoms with Crippen molar-refractivity contribution < 1.29 is 14.6 Å². The van der Waals surface area contributed by atoms with Gasteiger partial charge in [-0.3, -0.25) is 0 Å². The Morgan fingerprint density at radius 1 is 0.833 bits per heavy atom. The molecule has 3 heteroatoms. The summed E-state index contributed by atoms with van der Waals surface area (Å²) in [6, 6.07) is 0. The summed E-state index contributed by atoms with van der Waals surface area (Å²) < 4.78 is 13.4. The summed E-state index contributed by atoms with van der Waals surface area (Å²) in [5.41, 5.74) is 0.899. The van der Waals surface area contributed by atoms with Gasteiger partial charge in [-0.25, -0.2) is 0 Å². The maximum absolute atomic E-state index is 10.3. The monoisotopic (exact) mass is 416 g/mol. The van der Waals surface area contributed by atoms with Crippen molar-refractivity contribution in [3.05, 3.63) is 0 Å². The van der Waals surface area contributed by atoms with E-state index >= 15 is 0 Å². The minimum absolute atomic E-state index is 0.0389. The molecule has 1 N–H and O–H groups in total. The van der Waals surface area contributed by atoms with E-state index in [2.05, 4.69) is 27.7 Å². The number of fused-ring (bicyclic) bond motifs is 7. The van der Waals surface area contributed by atoms with Crippen LogP contribution in [0, 0.1) is 52.3 Å². The van der Waals surface area contributed by atoms with Gasteiger partial charge in [0.15, 0.2) is 5.79 Å². The first-order valence-corrected chi connectivity index (χ1v) is 13.3. The zero-order valence-electron chi connectivity index (χ0n) is 19.7. The molecule has 4 aliphatic carbocycles. The third-order valence-electron chi connectivity index (χ3n) is 11.9. The summed E-state index contributed by atoms with van der Waals surface area (Å²) in [5.74, 6) is 4.93. The maximum atomic E-state index is 10.3. The molecule has 0 bridgehead atoms. The molecule has 4 saturated carbocycles. The molecule has 0 aromatic heterocycles. The van der Waals surface area contributed by atoms with E-state index < -0.39 is 0 Å². The van der Waals surface area contributed by atoms with E-state index in [4.69, 9.17) is 9.47 Å². The van der Waals surface area contributed by atoms with E-state index in [-0.39, 0.29) is 11.9 Å². The number of aliphatic hydroxyl groups excluding tert-OH is 1. The first kappa shape index (κ1) is 20.5. The summed E-state index contributed by atoms with van der Waals surface area (Å²) in [4.78, 5) is 0. The average molecular weight is 417 g/mol. The predicted octanol–water partition coefficient (Wildman–Crippen LogP) is 5.79. The second-order valence-corrected chi connectivity index (χ2v) is 13.1. The molecule has 2 aliphatic heterocycles. The molecule has 0 amide bonds. The average Bonchev–Trinajstić information content (AvgIpc) is 3.16. The number of hydrogen-bond acceptors (Lipinski definition) is 3. The number of hydrogen-bond donors (Lipinski definition) is 1. The minimum atomic E-state index is -0.282. The lowest BCUT2D eigenvalue weighted by Crippen LogP contribution is -2.55. The highest BCUT2D eigenvalue weighted by molar-refractivity contribution is 5.15. The lowest BCUT2D eigenvalue weighted by molar-refractivity contribution is -0.273. The normalized spacial score (nSPS) is 62.5. The van der Waals surface area contributed by atoms with Crippen LogP contribution in [-0.4, -0.2) is 29.7 Å². The molecule has 170 valence electrons. The van der Waals surface area contributed by atoms with Crippen LogP contribution in [0.1, 0.15) is 91.9 Å². The van der Waals surface area contributed by atoms with E-state index in [1.807, 2.05) is 0 Å². The summed E-state index contributed by atoms with van der Waals surface area (Å²) >= 11 is 0. The third kappa shape index (κ3) is 2.61. The van der Waals surface area contributed by atoms with Crippen LogP contribution in [0.5, 0.6) is 0 Å². The lowest BCUT2D eigenvalue weighted by atomic mass is 9.44. The zero-order valence-corrected chi connectivity index (χ0v) is 19.7. The molecule has 0 aromatic rings. The van der Waals surface area contributed by atoms with Gasteiger partial charge in [0, 0.05) is 12.3 Å². The summed E-state index contributed by atoms with van der Waals surface area (Å²) in [6.07, 6.45) is 12.9. The van der Waals surface area contributed by atoms with Crippen molar-refractivity contribution in [2.75, 3.05) is 6.61 Å². The molecular weight excluding hydrogens is 372 g/mol. The van der Waals surface area contributed by atoms with Crippen molar-refractivity contribution >= 4 is 0 Å². The van der Waals surface area contributed by atoms with E-state index in [0.717, 1.165) is 49.5 Å². The van der Waals surface area contributed by atoms with E-state index in [1.54, 1.807) is 0 Å². The minimum Gasteiger partial charge on any atom is -0.393 e. The van der Waals surface area contributed by atoms with Gasteiger partial charge in [-0.2, -0.15) is 0 Å². The molecular formula is C27H44O3. The lowest BCUT2D eigenvalue weighted by Gasteiger charge is -2.61. The van der Waals surface area contributed by atoms with Crippen LogP contribution in [0.25, 0.3) is 0 Å².